The van der Waals surface area contributed by atoms with Crippen LogP contribution in [0.5, 0.6) is 6.01 Å². The second-order valence-corrected chi connectivity index (χ2v) is 8.80. The number of anilines is 1. The van der Waals surface area contributed by atoms with Gasteiger partial charge in [-0.15, -0.1) is 0 Å². The van der Waals surface area contributed by atoms with Gasteiger partial charge in [-0.05, 0) is 62.9 Å². The van der Waals surface area contributed by atoms with Crippen LogP contribution >= 0.6 is 11.6 Å². The predicted octanol–water partition coefficient (Wildman–Crippen LogP) is 4.63. The zero-order valence-electron chi connectivity index (χ0n) is 17.6. The number of fused-ring (bicyclic) bond motifs is 2. The van der Waals surface area contributed by atoms with Crippen molar-refractivity contribution in [3.63, 3.8) is 0 Å². The van der Waals surface area contributed by atoms with Gasteiger partial charge >= 0.3 is 6.01 Å². The van der Waals surface area contributed by atoms with Crippen molar-refractivity contribution in [2.45, 2.75) is 38.8 Å². The molecule has 0 saturated carbocycles. The van der Waals surface area contributed by atoms with Crippen LogP contribution < -0.4 is 9.64 Å². The molecule has 5 nitrogen and oxygen atoms in total. The van der Waals surface area contributed by atoms with Crippen LogP contribution in [0, 0.1) is 6.92 Å². The third-order valence-electron chi connectivity index (χ3n) is 6.50. The highest BCUT2D eigenvalue weighted by molar-refractivity contribution is 6.36. The van der Waals surface area contributed by atoms with Gasteiger partial charge in [-0.3, -0.25) is 0 Å². The average molecular weight is 423 g/mol. The van der Waals surface area contributed by atoms with Gasteiger partial charge < -0.3 is 14.5 Å². The summed E-state index contributed by atoms with van der Waals surface area (Å²) in [5.41, 5.74) is 4.51. The second kappa shape index (κ2) is 8.05. The zero-order chi connectivity index (χ0) is 20.7. The third-order valence-corrected chi connectivity index (χ3v) is 6.82. The summed E-state index contributed by atoms with van der Waals surface area (Å²) in [6, 6.07) is 13.4. The maximum atomic E-state index is 6.57. The molecule has 2 aliphatic heterocycles. The Labute approximate surface area is 182 Å². The van der Waals surface area contributed by atoms with Crippen molar-refractivity contribution in [2.75, 3.05) is 31.6 Å². The monoisotopic (exact) mass is 422 g/mol. The van der Waals surface area contributed by atoms with E-state index in [1.54, 1.807) is 0 Å². The van der Waals surface area contributed by atoms with E-state index in [0.717, 1.165) is 58.9 Å². The number of ether oxygens (including phenoxy) is 1. The molecule has 3 heterocycles. The molecule has 0 amide bonds. The normalized spacial score (nSPS) is 19.3. The molecule has 30 heavy (non-hydrogen) atoms. The number of halogens is 1. The quantitative estimate of drug-likeness (QED) is 0.613. The molecule has 0 bridgehead atoms. The van der Waals surface area contributed by atoms with Crippen molar-refractivity contribution in [3.8, 4) is 6.01 Å². The Balaban J connectivity index is 1.41. The zero-order valence-corrected chi connectivity index (χ0v) is 18.3. The maximum absolute atomic E-state index is 6.57. The number of nitrogens with zero attached hydrogens (tertiary/aromatic N) is 4. The van der Waals surface area contributed by atoms with Gasteiger partial charge in [0.15, 0.2) is 0 Å². The highest BCUT2D eigenvalue weighted by atomic mass is 35.5. The summed E-state index contributed by atoms with van der Waals surface area (Å²) in [7, 11) is 2.16. The number of likely N-dealkylation sites (N-methyl/N-ethyl adjacent to an activating group) is 1. The van der Waals surface area contributed by atoms with E-state index in [-0.39, 0.29) is 0 Å². The molecular weight excluding hydrogens is 396 g/mol. The molecule has 156 valence electrons. The number of rotatable bonds is 4. The topological polar surface area (TPSA) is 41.5 Å². The number of aromatic nitrogens is 2. The van der Waals surface area contributed by atoms with Crippen molar-refractivity contribution in [1.29, 1.82) is 0 Å². The van der Waals surface area contributed by atoms with Gasteiger partial charge in [-0.25, -0.2) is 4.98 Å². The number of hydrogen-bond donors (Lipinski definition) is 0. The summed E-state index contributed by atoms with van der Waals surface area (Å²) < 4.78 is 6.03. The lowest BCUT2D eigenvalue weighted by Gasteiger charge is -2.32. The molecule has 1 aromatic heterocycles. The van der Waals surface area contributed by atoms with Gasteiger partial charge in [0, 0.05) is 29.4 Å². The van der Waals surface area contributed by atoms with Gasteiger partial charge in [0.2, 0.25) is 0 Å². The van der Waals surface area contributed by atoms with E-state index in [2.05, 4.69) is 53.0 Å². The molecule has 0 unspecified atom stereocenters. The van der Waals surface area contributed by atoms with Crippen LogP contribution in [0.15, 0.2) is 36.4 Å². The van der Waals surface area contributed by atoms with Gasteiger partial charge in [0.05, 0.1) is 17.3 Å². The average Bonchev–Trinajstić information content (AvgIpc) is 3.16. The molecular formula is C24H27ClN4O. The molecule has 1 atom stereocenters. The largest absolute Gasteiger partial charge is 0.462 e. The first-order valence-corrected chi connectivity index (χ1v) is 11.1. The maximum Gasteiger partial charge on any atom is 0.316 e. The Morgan fingerprint density at radius 2 is 1.97 bits per heavy atom. The summed E-state index contributed by atoms with van der Waals surface area (Å²) in [4.78, 5) is 14.2. The van der Waals surface area contributed by atoms with E-state index in [0.29, 0.717) is 18.7 Å². The molecule has 1 fully saturated rings. The molecule has 5 rings (SSSR count). The Morgan fingerprint density at radius 1 is 1.13 bits per heavy atom. The first-order chi connectivity index (χ1) is 14.6. The molecule has 2 aromatic carbocycles. The fourth-order valence-corrected chi connectivity index (χ4v) is 5.04. The summed E-state index contributed by atoms with van der Waals surface area (Å²) in [5, 5.41) is 3.06. The van der Waals surface area contributed by atoms with Crippen molar-refractivity contribution in [3.05, 3.63) is 58.4 Å². The minimum atomic E-state index is 0.458. The van der Waals surface area contributed by atoms with Crippen LogP contribution in [0.25, 0.3) is 10.8 Å². The first-order valence-electron chi connectivity index (χ1n) is 10.7. The molecule has 0 radical (unpaired) electrons. The molecule has 0 N–H and O–H groups in total. The summed E-state index contributed by atoms with van der Waals surface area (Å²) >= 11 is 6.57. The van der Waals surface area contributed by atoms with E-state index < -0.39 is 0 Å². The van der Waals surface area contributed by atoms with E-state index in [9.17, 15) is 0 Å². The molecule has 6 heteroatoms. The van der Waals surface area contributed by atoms with Gasteiger partial charge in [-0.2, -0.15) is 4.98 Å². The Bertz CT molecular complexity index is 1080. The molecule has 0 spiro atoms. The summed E-state index contributed by atoms with van der Waals surface area (Å²) in [5.74, 6) is 0. The van der Waals surface area contributed by atoms with Crippen molar-refractivity contribution in [2.24, 2.45) is 0 Å². The van der Waals surface area contributed by atoms with Crippen molar-refractivity contribution in [1.82, 2.24) is 14.9 Å². The smallest absolute Gasteiger partial charge is 0.316 e. The number of benzene rings is 2. The molecule has 3 aromatic rings. The highest BCUT2D eigenvalue weighted by Crippen LogP contribution is 2.35. The number of aryl methyl sites for hydroxylation is 1. The summed E-state index contributed by atoms with van der Waals surface area (Å²) in [6.45, 7) is 5.52. The standard InChI is InChI=1S/C24H27ClN4O/c1-16-19-11-13-29(22-10-4-7-17-6-3-9-20(25)23(17)22)14-21(19)27-24(26-16)30-15-18-8-5-12-28(18)2/h3-4,6-7,9-10,18H,5,8,11-15H2,1-2H3/t18-/m0/s1. The van der Waals surface area contributed by atoms with Crippen LogP contribution in [0.2, 0.25) is 5.02 Å². The third kappa shape index (κ3) is 3.61. The number of hydrogen-bond acceptors (Lipinski definition) is 5. The fraction of sp³-hybridized carbons (Fsp3) is 0.417. The summed E-state index contributed by atoms with van der Waals surface area (Å²) in [6.07, 6.45) is 3.33. The molecule has 0 aliphatic carbocycles. The highest BCUT2D eigenvalue weighted by Gasteiger charge is 2.25. The van der Waals surface area contributed by atoms with Gasteiger partial charge in [-0.1, -0.05) is 35.9 Å². The Kier molecular flexibility index (Phi) is 5.25. The Morgan fingerprint density at radius 3 is 2.77 bits per heavy atom. The number of likely N-dealkylation sites (tertiary alicyclic amines) is 1. The second-order valence-electron chi connectivity index (χ2n) is 8.39. The fourth-order valence-electron chi connectivity index (χ4n) is 4.76. The van der Waals surface area contributed by atoms with Gasteiger partial charge in [0.1, 0.15) is 6.61 Å². The van der Waals surface area contributed by atoms with Crippen molar-refractivity contribution < 1.29 is 4.74 Å². The van der Waals surface area contributed by atoms with Gasteiger partial charge in [0.25, 0.3) is 0 Å². The van der Waals surface area contributed by atoms with Crippen LogP contribution in [0.1, 0.15) is 29.8 Å². The van der Waals surface area contributed by atoms with Crippen LogP contribution in [-0.4, -0.2) is 47.7 Å². The van der Waals surface area contributed by atoms with E-state index in [4.69, 9.17) is 21.3 Å². The van der Waals surface area contributed by atoms with E-state index >= 15 is 0 Å². The van der Waals surface area contributed by atoms with Crippen molar-refractivity contribution >= 4 is 28.1 Å². The Hall–Kier alpha value is -2.37. The first kappa shape index (κ1) is 19.6. The lowest BCUT2D eigenvalue weighted by atomic mass is 10.0. The molecule has 2 aliphatic rings. The predicted molar refractivity (Wildman–Crippen MR) is 122 cm³/mol. The van der Waals surface area contributed by atoms with E-state index in [1.165, 1.54) is 18.4 Å². The minimum Gasteiger partial charge on any atom is -0.462 e. The van der Waals surface area contributed by atoms with Crippen LogP contribution in [0.3, 0.4) is 0 Å². The van der Waals surface area contributed by atoms with Crippen LogP contribution in [-0.2, 0) is 13.0 Å². The minimum absolute atomic E-state index is 0.458. The lowest BCUT2D eigenvalue weighted by Crippen LogP contribution is -2.33. The van der Waals surface area contributed by atoms with Crippen LogP contribution in [0.4, 0.5) is 5.69 Å². The lowest BCUT2D eigenvalue weighted by molar-refractivity contribution is 0.187. The molecule has 1 saturated heterocycles. The SMILES string of the molecule is Cc1nc(OC[C@@H]2CCCN2C)nc2c1CCN(c1cccc3cccc(Cl)c13)C2. The van der Waals surface area contributed by atoms with E-state index in [1.807, 2.05) is 12.1 Å².